The number of benzene rings is 1. The van der Waals surface area contributed by atoms with Crippen molar-refractivity contribution < 1.29 is 14.1 Å². The lowest BCUT2D eigenvalue weighted by Crippen LogP contribution is -2.31. The first-order chi connectivity index (χ1) is 12.8. The molecule has 1 saturated carbocycles. The minimum atomic E-state index is -0.0807. The van der Waals surface area contributed by atoms with Crippen LogP contribution in [0.15, 0.2) is 47.1 Å². The van der Waals surface area contributed by atoms with Gasteiger partial charge in [-0.3, -0.25) is 9.78 Å². The molecule has 2 fully saturated rings. The summed E-state index contributed by atoms with van der Waals surface area (Å²) in [5.41, 5.74) is 1.25. The quantitative estimate of drug-likeness (QED) is 0.722. The topological polar surface area (TPSA) is 68.5 Å². The molecule has 1 amide bonds. The normalized spacial score (nSPS) is 19.8. The van der Waals surface area contributed by atoms with Crippen LogP contribution in [0.25, 0.3) is 10.9 Å². The number of carbonyl (C=O) groups excluding carboxylic acids is 1. The molecular formula is C20H19N3O3. The Morgan fingerprint density at radius 3 is 2.96 bits per heavy atom. The molecule has 0 N–H and O–H groups in total. The van der Waals surface area contributed by atoms with Crippen LogP contribution in [0.5, 0.6) is 5.75 Å². The van der Waals surface area contributed by atoms with E-state index in [1.165, 1.54) is 0 Å². The highest BCUT2D eigenvalue weighted by Gasteiger charge is 2.33. The summed E-state index contributed by atoms with van der Waals surface area (Å²) >= 11 is 0. The Kier molecular flexibility index (Phi) is 3.62. The van der Waals surface area contributed by atoms with Crippen LogP contribution in [-0.4, -0.2) is 40.1 Å². The number of fused-ring (bicyclic) bond motifs is 1. The third kappa shape index (κ3) is 2.81. The first-order valence-corrected chi connectivity index (χ1v) is 9.04. The molecule has 1 aromatic carbocycles. The van der Waals surface area contributed by atoms with Gasteiger partial charge in [0.15, 0.2) is 5.69 Å². The van der Waals surface area contributed by atoms with Gasteiger partial charge in [0.05, 0.1) is 6.54 Å². The van der Waals surface area contributed by atoms with E-state index in [-0.39, 0.29) is 12.0 Å². The number of likely N-dealkylation sites (tertiary alicyclic amines) is 1. The predicted molar refractivity (Wildman–Crippen MR) is 95.2 cm³/mol. The molecule has 5 rings (SSSR count). The number of ether oxygens (including phenoxy) is 1. The van der Waals surface area contributed by atoms with Gasteiger partial charge in [0.25, 0.3) is 5.91 Å². The first-order valence-electron chi connectivity index (χ1n) is 9.04. The van der Waals surface area contributed by atoms with E-state index in [2.05, 4.69) is 10.1 Å². The van der Waals surface area contributed by atoms with Crippen molar-refractivity contribution in [2.24, 2.45) is 0 Å². The number of hydrogen-bond acceptors (Lipinski definition) is 5. The number of nitrogens with zero attached hydrogens (tertiary/aromatic N) is 3. The number of para-hydroxylation sites is 1. The Morgan fingerprint density at radius 2 is 2.08 bits per heavy atom. The van der Waals surface area contributed by atoms with Gasteiger partial charge in [0, 0.05) is 36.5 Å². The fourth-order valence-corrected chi connectivity index (χ4v) is 3.47. The van der Waals surface area contributed by atoms with E-state index in [9.17, 15) is 4.79 Å². The van der Waals surface area contributed by atoms with Crippen molar-refractivity contribution in [2.45, 2.75) is 31.3 Å². The van der Waals surface area contributed by atoms with Crippen molar-refractivity contribution in [3.8, 4) is 5.75 Å². The molecule has 26 heavy (non-hydrogen) atoms. The van der Waals surface area contributed by atoms with Gasteiger partial charge in [-0.15, -0.1) is 0 Å². The lowest BCUT2D eigenvalue weighted by atomic mass is 10.2. The lowest BCUT2D eigenvalue weighted by Gasteiger charge is -2.16. The Bertz CT molecular complexity index is 958. The first kappa shape index (κ1) is 15.4. The van der Waals surface area contributed by atoms with Crippen LogP contribution in [0.3, 0.4) is 0 Å². The maximum absolute atomic E-state index is 12.6. The number of rotatable bonds is 4. The molecule has 1 aliphatic carbocycles. The molecule has 3 aromatic rings. The van der Waals surface area contributed by atoms with Crippen LogP contribution in [0, 0.1) is 0 Å². The summed E-state index contributed by atoms with van der Waals surface area (Å²) in [5, 5.41) is 5.00. The van der Waals surface area contributed by atoms with Crippen LogP contribution in [-0.2, 0) is 0 Å². The molecule has 6 nitrogen and oxygen atoms in total. The van der Waals surface area contributed by atoms with Crippen molar-refractivity contribution in [1.29, 1.82) is 0 Å². The van der Waals surface area contributed by atoms with E-state index >= 15 is 0 Å². The molecule has 0 radical (unpaired) electrons. The molecule has 3 heterocycles. The minimum Gasteiger partial charge on any atom is -0.486 e. The number of amides is 1. The monoisotopic (exact) mass is 349 g/mol. The van der Waals surface area contributed by atoms with Gasteiger partial charge in [-0.05, 0) is 25.0 Å². The fraction of sp³-hybridized carbons (Fsp3) is 0.350. The zero-order valence-corrected chi connectivity index (χ0v) is 14.3. The van der Waals surface area contributed by atoms with Crippen molar-refractivity contribution in [3.05, 3.63) is 54.0 Å². The van der Waals surface area contributed by atoms with E-state index < -0.39 is 0 Å². The zero-order valence-electron chi connectivity index (χ0n) is 14.3. The van der Waals surface area contributed by atoms with Gasteiger partial charge < -0.3 is 14.2 Å². The summed E-state index contributed by atoms with van der Waals surface area (Å²) in [6.07, 6.45) is 4.77. The summed E-state index contributed by atoms with van der Waals surface area (Å²) in [4.78, 5) is 18.9. The van der Waals surface area contributed by atoms with Crippen LogP contribution in [0.1, 0.15) is 41.4 Å². The summed E-state index contributed by atoms with van der Waals surface area (Å²) < 4.78 is 11.5. The molecule has 132 valence electrons. The highest BCUT2D eigenvalue weighted by molar-refractivity contribution is 5.92. The van der Waals surface area contributed by atoms with Gasteiger partial charge in [0.1, 0.15) is 23.1 Å². The second-order valence-corrected chi connectivity index (χ2v) is 7.00. The molecule has 2 aromatic heterocycles. The average Bonchev–Trinajstić information content (AvgIpc) is 3.22. The molecule has 2 aliphatic rings. The van der Waals surface area contributed by atoms with Gasteiger partial charge >= 0.3 is 0 Å². The summed E-state index contributed by atoms with van der Waals surface area (Å²) in [7, 11) is 0. The lowest BCUT2D eigenvalue weighted by molar-refractivity contribution is 0.0762. The zero-order chi connectivity index (χ0) is 17.5. The second-order valence-electron chi connectivity index (χ2n) is 7.00. The van der Waals surface area contributed by atoms with Crippen molar-refractivity contribution in [3.63, 3.8) is 0 Å². The van der Waals surface area contributed by atoms with E-state index in [4.69, 9.17) is 9.26 Å². The third-order valence-corrected chi connectivity index (χ3v) is 5.05. The number of pyridine rings is 1. The van der Waals surface area contributed by atoms with E-state index in [1.807, 2.05) is 30.3 Å². The maximum atomic E-state index is 12.6. The van der Waals surface area contributed by atoms with Crippen molar-refractivity contribution in [2.75, 3.05) is 13.1 Å². The fourth-order valence-electron chi connectivity index (χ4n) is 3.47. The molecule has 0 spiro atoms. The highest BCUT2D eigenvalue weighted by atomic mass is 16.5. The van der Waals surface area contributed by atoms with E-state index in [0.29, 0.717) is 24.7 Å². The Morgan fingerprint density at radius 1 is 1.19 bits per heavy atom. The van der Waals surface area contributed by atoms with Gasteiger partial charge in [-0.2, -0.15) is 0 Å². The largest absolute Gasteiger partial charge is 0.486 e. The van der Waals surface area contributed by atoms with Crippen LogP contribution in [0.2, 0.25) is 0 Å². The van der Waals surface area contributed by atoms with Gasteiger partial charge in [-0.25, -0.2) is 0 Å². The Labute approximate surface area is 150 Å². The molecular weight excluding hydrogens is 330 g/mol. The number of hydrogen-bond donors (Lipinski definition) is 0. The van der Waals surface area contributed by atoms with Crippen molar-refractivity contribution in [1.82, 2.24) is 15.0 Å². The highest BCUT2D eigenvalue weighted by Crippen LogP contribution is 2.40. The third-order valence-electron chi connectivity index (χ3n) is 5.05. The van der Waals surface area contributed by atoms with Crippen LogP contribution in [0.4, 0.5) is 0 Å². The van der Waals surface area contributed by atoms with Crippen LogP contribution >= 0.6 is 0 Å². The second kappa shape index (κ2) is 6.12. The standard InChI is InChI=1S/C20H19N3O3/c24-20(16-11-18(26-22-16)13-6-7-13)23-10-8-15(12-23)25-17-5-1-3-14-4-2-9-21-19(14)17/h1-5,9,11,13,15H,6-8,10,12H2. The number of carbonyl (C=O) groups is 1. The number of aromatic nitrogens is 2. The molecule has 6 heteroatoms. The molecule has 1 saturated heterocycles. The summed E-state index contributed by atoms with van der Waals surface area (Å²) in [6.45, 7) is 1.21. The van der Waals surface area contributed by atoms with E-state index in [0.717, 1.165) is 41.7 Å². The minimum absolute atomic E-state index is 0.0404. The molecule has 0 bridgehead atoms. The molecule has 1 atom stereocenters. The van der Waals surface area contributed by atoms with Gasteiger partial charge in [-0.1, -0.05) is 23.4 Å². The van der Waals surface area contributed by atoms with Gasteiger partial charge in [0.2, 0.25) is 0 Å². The molecule has 1 unspecified atom stereocenters. The molecule has 1 aliphatic heterocycles. The average molecular weight is 349 g/mol. The maximum Gasteiger partial charge on any atom is 0.276 e. The Balaban J connectivity index is 1.28. The van der Waals surface area contributed by atoms with Crippen LogP contribution < -0.4 is 4.74 Å². The smallest absolute Gasteiger partial charge is 0.276 e. The summed E-state index contributed by atoms with van der Waals surface area (Å²) in [6, 6.07) is 11.6. The van der Waals surface area contributed by atoms with E-state index in [1.54, 1.807) is 17.2 Å². The summed E-state index contributed by atoms with van der Waals surface area (Å²) in [5.74, 6) is 1.97. The van der Waals surface area contributed by atoms with Crippen molar-refractivity contribution >= 4 is 16.8 Å². The SMILES string of the molecule is O=C(c1cc(C2CC2)on1)N1CCC(Oc2cccc3cccnc23)C1. The Hall–Kier alpha value is -2.89. The predicted octanol–water partition coefficient (Wildman–Crippen LogP) is 3.39.